The lowest BCUT2D eigenvalue weighted by Gasteiger charge is -2.09. The predicted octanol–water partition coefficient (Wildman–Crippen LogP) is 2.57. The first-order valence-electron chi connectivity index (χ1n) is 5.67. The van der Waals surface area contributed by atoms with Crippen LogP contribution in [0.2, 0.25) is 0 Å². The molecule has 7 heteroatoms. The lowest BCUT2D eigenvalue weighted by atomic mass is 10.2. The number of alkyl halides is 3. The van der Waals surface area contributed by atoms with Crippen LogP contribution in [0.1, 0.15) is 12.8 Å². The van der Waals surface area contributed by atoms with E-state index in [1.54, 1.807) is 24.3 Å². The van der Waals surface area contributed by atoms with Crippen molar-refractivity contribution in [3.8, 4) is 0 Å². The van der Waals surface area contributed by atoms with E-state index >= 15 is 0 Å². The molecule has 1 aromatic rings. The van der Waals surface area contributed by atoms with Crippen molar-refractivity contribution in [2.45, 2.75) is 19.0 Å². The summed E-state index contributed by atoms with van der Waals surface area (Å²) in [4.78, 5) is 11.5. The fourth-order valence-corrected chi connectivity index (χ4v) is 1.35. The maximum absolute atomic E-state index is 11.8. The Hall–Kier alpha value is -1.76. The Morgan fingerprint density at radius 3 is 2.63 bits per heavy atom. The molecule has 106 valence electrons. The van der Waals surface area contributed by atoms with Crippen molar-refractivity contribution in [1.29, 1.82) is 0 Å². The van der Waals surface area contributed by atoms with Crippen molar-refractivity contribution in [2.75, 3.05) is 24.3 Å². The topological polar surface area (TPSA) is 64.3 Å². The van der Waals surface area contributed by atoms with Gasteiger partial charge in [-0.1, -0.05) is 12.1 Å². The average molecular weight is 276 g/mol. The number of halogens is 3. The molecule has 3 N–H and O–H groups in total. The number of hydrogen-bond acceptors (Lipinski definition) is 3. The van der Waals surface area contributed by atoms with Crippen molar-refractivity contribution in [1.82, 2.24) is 0 Å². The second kappa shape index (κ2) is 6.98. The number of nitrogen functional groups attached to an aromatic ring is 1. The van der Waals surface area contributed by atoms with Gasteiger partial charge in [0.2, 0.25) is 5.91 Å². The van der Waals surface area contributed by atoms with Crippen molar-refractivity contribution in [2.24, 2.45) is 0 Å². The van der Waals surface area contributed by atoms with Crippen LogP contribution in [0.3, 0.4) is 0 Å². The maximum atomic E-state index is 11.8. The van der Waals surface area contributed by atoms with Gasteiger partial charge in [0, 0.05) is 13.0 Å². The van der Waals surface area contributed by atoms with Crippen LogP contribution in [0.25, 0.3) is 0 Å². The Morgan fingerprint density at radius 2 is 2.00 bits per heavy atom. The highest BCUT2D eigenvalue weighted by Crippen LogP contribution is 2.17. The Kier molecular flexibility index (Phi) is 5.62. The molecule has 0 aliphatic carbocycles. The van der Waals surface area contributed by atoms with Crippen LogP contribution in [0.15, 0.2) is 24.3 Å². The lowest BCUT2D eigenvalue weighted by molar-refractivity contribution is -0.174. The summed E-state index contributed by atoms with van der Waals surface area (Å²) in [6, 6.07) is 6.74. The van der Waals surface area contributed by atoms with E-state index < -0.39 is 12.8 Å². The zero-order valence-electron chi connectivity index (χ0n) is 10.2. The van der Waals surface area contributed by atoms with E-state index in [9.17, 15) is 18.0 Å². The largest absolute Gasteiger partial charge is 0.411 e. The van der Waals surface area contributed by atoms with Gasteiger partial charge < -0.3 is 15.8 Å². The number of nitrogens with one attached hydrogen (secondary N) is 1. The fraction of sp³-hybridized carbons (Fsp3) is 0.417. The van der Waals surface area contributed by atoms with E-state index in [1.165, 1.54) is 0 Å². The molecule has 0 unspecified atom stereocenters. The third kappa shape index (κ3) is 6.66. The summed E-state index contributed by atoms with van der Waals surface area (Å²) in [6.07, 6.45) is -4.04. The van der Waals surface area contributed by atoms with Crippen LogP contribution < -0.4 is 11.1 Å². The predicted molar refractivity (Wildman–Crippen MR) is 65.6 cm³/mol. The number of rotatable bonds is 6. The molecule has 0 heterocycles. The number of ether oxygens (including phenoxy) is 1. The smallest absolute Gasteiger partial charge is 0.397 e. The molecule has 0 aliphatic rings. The molecule has 0 saturated heterocycles. The zero-order chi connectivity index (χ0) is 14.3. The summed E-state index contributed by atoms with van der Waals surface area (Å²) in [7, 11) is 0. The summed E-state index contributed by atoms with van der Waals surface area (Å²) in [5, 5.41) is 2.58. The van der Waals surface area contributed by atoms with Gasteiger partial charge in [-0.15, -0.1) is 0 Å². The highest BCUT2D eigenvalue weighted by Gasteiger charge is 2.27. The molecule has 0 aromatic heterocycles. The molecular weight excluding hydrogens is 261 g/mol. The minimum Gasteiger partial charge on any atom is -0.397 e. The Labute approximate surface area is 108 Å². The van der Waals surface area contributed by atoms with Crippen LogP contribution in [-0.4, -0.2) is 25.3 Å². The standard InChI is InChI=1S/C12H15F3N2O2/c13-12(14,15)8-19-7-3-6-11(18)17-10-5-2-1-4-9(10)16/h1-2,4-5H,3,6-8,16H2,(H,17,18). The maximum Gasteiger partial charge on any atom is 0.411 e. The lowest BCUT2D eigenvalue weighted by Crippen LogP contribution is -2.18. The fourth-order valence-electron chi connectivity index (χ4n) is 1.35. The normalized spacial score (nSPS) is 11.3. The molecule has 0 fully saturated rings. The molecule has 0 spiro atoms. The SMILES string of the molecule is Nc1ccccc1NC(=O)CCCOCC(F)(F)F. The quantitative estimate of drug-likeness (QED) is 0.620. The van der Waals surface area contributed by atoms with Crippen molar-refractivity contribution in [3.63, 3.8) is 0 Å². The second-order valence-electron chi connectivity index (χ2n) is 3.91. The summed E-state index contributed by atoms with van der Waals surface area (Å²) >= 11 is 0. The van der Waals surface area contributed by atoms with Gasteiger partial charge in [-0.25, -0.2) is 0 Å². The number of para-hydroxylation sites is 2. The molecule has 19 heavy (non-hydrogen) atoms. The van der Waals surface area contributed by atoms with E-state index in [1.807, 2.05) is 0 Å². The molecule has 1 rings (SSSR count). The molecule has 0 radical (unpaired) electrons. The van der Waals surface area contributed by atoms with Crippen LogP contribution in [0.5, 0.6) is 0 Å². The van der Waals surface area contributed by atoms with E-state index in [0.29, 0.717) is 11.4 Å². The molecule has 0 bridgehead atoms. The molecule has 0 atom stereocenters. The molecule has 4 nitrogen and oxygen atoms in total. The monoisotopic (exact) mass is 276 g/mol. The van der Waals surface area contributed by atoms with Crippen LogP contribution in [-0.2, 0) is 9.53 Å². The third-order valence-electron chi connectivity index (χ3n) is 2.19. The first kappa shape index (κ1) is 15.3. The highest BCUT2D eigenvalue weighted by atomic mass is 19.4. The highest BCUT2D eigenvalue weighted by molar-refractivity contribution is 5.93. The number of carbonyl (C=O) groups excluding carboxylic acids is 1. The molecule has 1 amide bonds. The van der Waals surface area contributed by atoms with Crippen LogP contribution in [0, 0.1) is 0 Å². The van der Waals surface area contributed by atoms with Gasteiger partial charge >= 0.3 is 6.18 Å². The Bertz CT molecular complexity index is 422. The molecule has 0 aliphatic heterocycles. The average Bonchev–Trinajstić information content (AvgIpc) is 2.30. The van der Waals surface area contributed by atoms with Crippen LogP contribution >= 0.6 is 0 Å². The number of anilines is 2. The summed E-state index contributed by atoms with van der Waals surface area (Å²) in [5.74, 6) is -0.312. The minimum atomic E-state index is -4.33. The van der Waals surface area contributed by atoms with E-state index in [-0.39, 0.29) is 25.4 Å². The van der Waals surface area contributed by atoms with Gasteiger partial charge in [-0.3, -0.25) is 4.79 Å². The van der Waals surface area contributed by atoms with E-state index in [4.69, 9.17) is 5.73 Å². The summed E-state index contributed by atoms with van der Waals surface area (Å²) in [6.45, 7) is -1.41. The van der Waals surface area contributed by atoms with E-state index in [0.717, 1.165) is 0 Å². The first-order valence-corrected chi connectivity index (χ1v) is 5.67. The van der Waals surface area contributed by atoms with Gasteiger partial charge in [0.15, 0.2) is 0 Å². The van der Waals surface area contributed by atoms with Crippen molar-refractivity contribution < 1.29 is 22.7 Å². The van der Waals surface area contributed by atoms with Crippen LogP contribution in [0.4, 0.5) is 24.5 Å². The first-order chi connectivity index (χ1) is 8.88. The molecule has 1 aromatic carbocycles. The summed E-state index contributed by atoms with van der Waals surface area (Å²) in [5.41, 5.74) is 6.55. The van der Waals surface area contributed by atoms with Crippen molar-refractivity contribution >= 4 is 17.3 Å². The summed E-state index contributed by atoms with van der Waals surface area (Å²) < 4.78 is 39.7. The van der Waals surface area contributed by atoms with E-state index in [2.05, 4.69) is 10.1 Å². The minimum absolute atomic E-state index is 0.0756. The van der Waals surface area contributed by atoms with Gasteiger partial charge in [0.25, 0.3) is 0 Å². The number of amides is 1. The van der Waals surface area contributed by atoms with Crippen molar-refractivity contribution in [3.05, 3.63) is 24.3 Å². The Balaban J connectivity index is 2.20. The van der Waals surface area contributed by atoms with Gasteiger partial charge in [0.1, 0.15) is 6.61 Å². The van der Waals surface area contributed by atoms with Gasteiger partial charge in [-0.05, 0) is 18.6 Å². The second-order valence-corrected chi connectivity index (χ2v) is 3.91. The Morgan fingerprint density at radius 1 is 1.32 bits per heavy atom. The zero-order valence-corrected chi connectivity index (χ0v) is 10.2. The number of nitrogens with two attached hydrogens (primary N) is 1. The number of benzene rings is 1. The third-order valence-corrected chi connectivity index (χ3v) is 2.19. The van der Waals surface area contributed by atoms with Gasteiger partial charge in [-0.2, -0.15) is 13.2 Å². The molecule has 0 saturated carbocycles. The number of hydrogen-bond donors (Lipinski definition) is 2. The molecular formula is C12H15F3N2O2. The van der Waals surface area contributed by atoms with Gasteiger partial charge in [0.05, 0.1) is 11.4 Å². The number of carbonyl (C=O) groups is 1.